The first-order valence-electron chi connectivity index (χ1n) is 20.0. The summed E-state index contributed by atoms with van der Waals surface area (Å²) in [4.78, 5) is 5.03. The van der Waals surface area contributed by atoms with Crippen LogP contribution in [0.4, 0.5) is 0 Å². The number of furan rings is 1. The SMILES string of the molecule is C=CC1=[N+](CCC)C(=C)C2C(CCc3ccc4c(oc5nc(CC(C)C)ccc54)c31)c1ccccc1-c1cc(CC3CCCC3)c([Si](C)(C)C)c[n+]12. The molecule has 4 nitrogen and oxygen atoms in total. The van der Waals surface area contributed by atoms with Crippen LogP contribution in [0.3, 0.4) is 0 Å². The molecule has 8 rings (SSSR count). The maximum Gasteiger partial charge on any atom is 0.247 e. The maximum absolute atomic E-state index is 6.82. The Morgan fingerprint density at radius 3 is 2.50 bits per heavy atom. The summed E-state index contributed by atoms with van der Waals surface area (Å²) in [5, 5.41) is 3.81. The molecule has 3 aromatic heterocycles. The van der Waals surface area contributed by atoms with E-state index in [0.717, 1.165) is 82.9 Å². The molecule has 1 aliphatic carbocycles. The number of allylic oxidation sites excluding steroid dienone is 2. The molecule has 0 amide bonds. The lowest BCUT2D eigenvalue weighted by atomic mass is 9.78. The smallest absolute Gasteiger partial charge is 0.247 e. The highest BCUT2D eigenvalue weighted by atomic mass is 28.3. The summed E-state index contributed by atoms with van der Waals surface area (Å²) in [5.41, 5.74) is 13.2. The standard InChI is InChI=1S/C47H57N3OSi/c1-9-25-49-31(5)45-38(22-19-33-20-23-39-40-24-21-35(26-30(3)4)48-47(40)51-46(39)44(33)41(49)10-2)36-17-13-14-18-37(36)42-28-34(27-32-15-11-12-16-32)43(29-50(42)45)52(6,7)8/h10,13-14,17-18,20-21,23-24,28-30,32,38,45H,2,5,9,11-12,15-16,19,22,25-27H2,1,3-4,6-8H3/q+2. The van der Waals surface area contributed by atoms with Gasteiger partial charge in [-0.1, -0.05) is 103 Å². The number of nitrogens with zero attached hydrogens (tertiary/aromatic N) is 3. The average molecular weight is 708 g/mol. The summed E-state index contributed by atoms with van der Waals surface area (Å²) in [5.74, 6) is 1.61. The highest BCUT2D eigenvalue weighted by molar-refractivity contribution is 6.89. The molecule has 52 heavy (non-hydrogen) atoms. The summed E-state index contributed by atoms with van der Waals surface area (Å²) < 4.78 is 12.0. The summed E-state index contributed by atoms with van der Waals surface area (Å²) in [6, 6.07) is 20.9. The van der Waals surface area contributed by atoms with Gasteiger partial charge in [0.25, 0.3) is 0 Å². The van der Waals surface area contributed by atoms with E-state index in [1.54, 1.807) is 10.8 Å². The lowest BCUT2D eigenvalue weighted by molar-refractivity contribution is -0.727. The number of fused-ring (bicyclic) bond motifs is 11. The second kappa shape index (κ2) is 13.7. The van der Waals surface area contributed by atoms with Crippen LogP contribution in [0.25, 0.3) is 33.3 Å². The third kappa shape index (κ3) is 6.03. The summed E-state index contributed by atoms with van der Waals surface area (Å²) >= 11 is 0. The molecular weight excluding hydrogens is 651 g/mol. The van der Waals surface area contributed by atoms with E-state index in [4.69, 9.17) is 16.0 Å². The van der Waals surface area contributed by atoms with Gasteiger partial charge in [-0.25, -0.2) is 4.98 Å². The molecule has 2 aliphatic heterocycles. The van der Waals surface area contributed by atoms with Gasteiger partial charge < -0.3 is 4.42 Å². The van der Waals surface area contributed by atoms with Crippen LogP contribution < -0.4 is 9.75 Å². The first-order valence-corrected chi connectivity index (χ1v) is 23.5. The van der Waals surface area contributed by atoms with Crippen molar-refractivity contribution in [2.75, 3.05) is 6.54 Å². The van der Waals surface area contributed by atoms with Crippen molar-refractivity contribution in [1.29, 1.82) is 0 Å². The van der Waals surface area contributed by atoms with Gasteiger partial charge in [-0.05, 0) is 79.0 Å². The highest BCUT2D eigenvalue weighted by Crippen LogP contribution is 2.45. The number of hydrogen-bond donors (Lipinski definition) is 0. The Bertz CT molecular complexity index is 2240. The summed E-state index contributed by atoms with van der Waals surface area (Å²) in [7, 11) is -1.68. The molecule has 3 aliphatic rings. The number of aryl methyl sites for hydroxylation is 1. The van der Waals surface area contributed by atoms with Crippen LogP contribution in [0.15, 0.2) is 90.1 Å². The van der Waals surface area contributed by atoms with E-state index in [0.29, 0.717) is 5.92 Å². The number of pyridine rings is 2. The molecule has 2 atom stereocenters. The van der Waals surface area contributed by atoms with Crippen molar-refractivity contribution in [1.82, 2.24) is 4.98 Å². The van der Waals surface area contributed by atoms with Crippen LogP contribution in [0.2, 0.25) is 19.6 Å². The van der Waals surface area contributed by atoms with Gasteiger partial charge in [-0.3, -0.25) is 0 Å². The van der Waals surface area contributed by atoms with Crippen molar-refractivity contribution in [3.8, 4) is 11.3 Å². The minimum atomic E-state index is -1.68. The van der Waals surface area contributed by atoms with Crippen LogP contribution in [-0.2, 0) is 19.3 Å². The monoisotopic (exact) mass is 707 g/mol. The van der Waals surface area contributed by atoms with Gasteiger partial charge in [0, 0.05) is 45.8 Å². The van der Waals surface area contributed by atoms with Gasteiger partial charge in [0.05, 0.1) is 19.6 Å². The van der Waals surface area contributed by atoms with E-state index in [2.05, 4.69) is 123 Å². The van der Waals surface area contributed by atoms with Gasteiger partial charge in [-0.2, -0.15) is 9.14 Å². The molecule has 1 fully saturated rings. The Balaban J connectivity index is 1.36. The van der Waals surface area contributed by atoms with E-state index in [-0.39, 0.29) is 12.0 Å². The Labute approximate surface area is 312 Å². The third-order valence-electron chi connectivity index (χ3n) is 12.2. The summed E-state index contributed by atoms with van der Waals surface area (Å²) in [6.07, 6.45) is 15.2. The van der Waals surface area contributed by atoms with Crippen molar-refractivity contribution < 1.29 is 13.6 Å². The molecule has 5 aromatic rings. The topological polar surface area (TPSA) is 32.9 Å². The van der Waals surface area contributed by atoms with Crippen LogP contribution >= 0.6 is 0 Å². The fourth-order valence-electron chi connectivity index (χ4n) is 9.83. The molecule has 0 bridgehead atoms. The van der Waals surface area contributed by atoms with E-state index in [1.807, 2.05) is 0 Å². The number of aromatic nitrogens is 2. The molecule has 2 unspecified atom stereocenters. The zero-order valence-corrected chi connectivity index (χ0v) is 33.4. The minimum Gasteiger partial charge on any atom is -0.437 e. The predicted octanol–water partition coefficient (Wildman–Crippen LogP) is 10.6. The lowest BCUT2D eigenvalue weighted by Crippen LogP contribution is -2.55. The second-order valence-corrected chi connectivity index (χ2v) is 22.4. The molecule has 0 N–H and O–H groups in total. The first-order chi connectivity index (χ1) is 25.1. The van der Waals surface area contributed by atoms with Gasteiger partial charge in [0.1, 0.15) is 6.54 Å². The van der Waals surface area contributed by atoms with Gasteiger partial charge in [0.15, 0.2) is 11.8 Å². The van der Waals surface area contributed by atoms with Gasteiger partial charge in [0.2, 0.25) is 28.9 Å². The normalized spacial score (nSPS) is 19.3. The molecule has 0 saturated heterocycles. The molecule has 0 radical (unpaired) electrons. The Morgan fingerprint density at radius 2 is 1.77 bits per heavy atom. The van der Waals surface area contributed by atoms with E-state index < -0.39 is 8.07 Å². The molecule has 0 spiro atoms. The number of hydrogen-bond acceptors (Lipinski definition) is 2. The number of rotatable bonds is 8. The third-order valence-corrected chi connectivity index (χ3v) is 14.2. The van der Waals surface area contributed by atoms with Gasteiger partial charge in [-0.15, -0.1) is 0 Å². The molecule has 2 aromatic carbocycles. The molecule has 5 heterocycles. The first kappa shape index (κ1) is 35.0. The maximum atomic E-state index is 6.82. The fourth-order valence-corrected chi connectivity index (χ4v) is 11.5. The molecular formula is C47H57N3OSi+2. The lowest BCUT2D eigenvalue weighted by Gasteiger charge is -2.32. The molecule has 5 heteroatoms. The number of benzene rings is 2. The Hall–Kier alpha value is -4.09. The molecule has 268 valence electrons. The minimum absolute atomic E-state index is 0.0859. The predicted molar refractivity (Wildman–Crippen MR) is 220 cm³/mol. The Morgan fingerprint density at radius 1 is 1.00 bits per heavy atom. The van der Waals surface area contributed by atoms with Crippen LogP contribution in [-0.4, -0.2) is 29.9 Å². The van der Waals surface area contributed by atoms with Crippen molar-refractivity contribution in [3.05, 3.63) is 114 Å². The Kier molecular flexibility index (Phi) is 9.22. The fraction of sp³-hybridized carbons (Fsp3) is 0.426. The van der Waals surface area contributed by atoms with Crippen molar-refractivity contribution in [3.63, 3.8) is 0 Å². The van der Waals surface area contributed by atoms with E-state index in [1.165, 1.54) is 54.5 Å². The van der Waals surface area contributed by atoms with Gasteiger partial charge >= 0.3 is 0 Å². The van der Waals surface area contributed by atoms with Crippen LogP contribution in [0.1, 0.15) is 99.2 Å². The molecule has 1 saturated carbocycles. The second-order valence-electron chi connectivity index (χ2n) is 17.4. The van der Waals surface area contributed by atoms with Crippen LogP contribution in [0.5, 0.6) is 0 Å². The van der Waals surface area contributed by atoms with E-state index in [9.17, 15) is 0 Å². The van der Waals surface area contributed by atoms with Crippen molar-refractivity contribution in [2.24, 2.45) is 11.8 Å². The quantitative estimate of drug-likeness (QED) is 0.119. The zero-order valence-electron chi connectivity index (χ0n) is 32.4. The highest BCUT2D eigenvalue weighted by Gasteiger charge is 2.48. The summed E-state index contributed by atoms with van der Waals surface area (Å²) in [6.45, 7) is 24.7. The van der Waals surface area contributed by atoms with E-state index >= 15 is 0 Å². The largest absolute Gasteiger partial charge is 0.437 e. The zero-order chi connectivity index (χ0) is 36.3. The van der Waals surface area contributed by atoms with Crippen molar-refractivity contribution >= 4 is 41.0 Å². The average Bonchev–Trinajstić information content (AvgIpc) is 3.77. The van der Waals surface area contributed by atoms with Crippen LogP contribution in [0, 0.1) is 11.8 Å². The van der Waals surface area contributed by atoms with Crippen molar-refractivity contribution in [2.45, 2.75) is 110 Å².